The van der Waals surface area contributed by atoms with Crippen LogP contribution < -0.4 is 15.2 Å². The molecule has 1 amide bonds. The maximum atomic E-state index is 13.0. The van der Waals surface area contributed by atoms with Gasteiger partial charge in [-0.1, -0.05) is 25.6 Å². The standard InChI is InChI=1S/C29H38BrN7O5S/c1-4-35(5-2)10-9-24(38)42-18(3)28(39)36-11-6-19(7-12-36)8-13-37-27-25(26(31)32-16-33-27)34-29(37)43-23-15-22-21(14-20(23)30)40-17-41-22/h14-16,18-19H,4-13,17H2,1-3H3,(H2,31,32,33)/t18-/m0/s1. The highest BCUT2D eigenvalue weighted by molar-refractivity contribution is 9.10. The van der Waals surface area contributed by atoms with Gasteiger partial charge in [0.1, 0.15) is 6.33 Å². The molecule has 1 saturated heterocycles. The van der Waals surface area contributed by atoms with Gasteiger partial charge in [-0.15, -0.1) is 0 Å². The van der Waals surface area contributed by atoms with E-state index in [-0.39, 0.29) is 25.1 Å². The maximum absolute atomic E-state index is 13.0. The summed E-state index contributed by atoms with van der Waals surface area (Å²) in [7, 11) is 0. The lowest BCUT2D eigenvalue weighted by molar-refractivity contribution is -0.160. The summed E-state index contributed by atoms with van der Waals surface area (Å²) in [6.45, 7) is 10.3. The first-order valence-electron chi connectivity index (χ1n) is 14.7. The number of esters is 1. The number of carbonyl (C=O) groups is 2. The van der Waals surface area contributed by atoms with Crippen molar-refractivity contribution in [3.05, 3.63) is 22.9 Å². The van der Waals surface area contributed by atoms with Crippen LogP contribution in [0.15, 0.2) is 33.0 Å². The molecule has 1 atom stereocenters. The van der Waals surface area contributed by atoms with Crippen molar-refractivity contribution in [3.63, 3.8) is 0 Å². The van der Waals surface area contributed by atoms with Gasteiger partial charge in [-0.25, -0.2) is 15.0 Å². The minimum Gasteiger partial charge on any atom is -0.454 e. The number of nitrogen functional groups attached to an aromatic ring is 1. The van der Waals surface area contributed by atoms with Crippen LogP contribution >= 0.6 is 27.7 Å². The van der Waals surface area contributed by atoms with E-state index < -0.39 is 6.10 Å². The molecule has 4 heterocycles. The smallest absolute Gasteiger partial charge is 0.307 e. The molecule has 14 heteroatoms. The highest BCUT2D eigenvalue weighted by Gasteiger charge is 2.29. The fraction of sp³-hybridized carbons (Fsp3) is 0.552. The molecule has 3 aromatic rings. The van der Waals surface area contributed by atoms with Crippen LogP contribution in [0.3, 0.4) is 0 Å². The molecule has 2 aliphatic heterocycles. The lowest BCUT2D eigenvalue weighted by Gasteiger charge is -2.33. The normalized spacial score (nSPS) is 15.8. The first-order chi connectivity index (χ1) is 20.8. The molecule has 1 aromatic carbocycles. The predicted octanol–water partition coefficient (Wildman–Crippen LogP) is 4.34. The Balaban J connectivity index is 1.18. The van der Waals surface area contributed by atoms with Gasteiger partial charge in [0.05, 0.1) is 6.42 Å². The molecule has 232 valence electrons. The number of aromatic nitrogens is 4. The average molecular weight is 677 g/mol. The molecule has 2 aliphatic rings. The summed E-state index contributed by atoms with van der Waals surface area (Å²) in [5.41, 5.74) is 7.43. The summed E-state index contributed by atoms with van der Waals surface area (Å²) < 4.78 is 19.5. The van der Waals surface area contributed by atoms with E-state index in [2.05, 4.69) is 49.2 Å². The number of hydrogen-bond donors (Lipinski definition) is 1. The lowest BCUT2D eigenvalue weighted by Crippen LogP contribution is -2.44. The van der Waals surface area contributed by atoms with Gasteiger partial charge < -0.3 is 34.3 Å². The zero-order valence-electron chi connectivity index (χ0n) is 24.8. The first-order valence-corrected chi connectivity index (χ1v) is 16.3. The fourth-order valence-corrected chi connectivity index (χ4v) is 6.90. The molecule has 2 N–H and O–H groups in total. The van der Waals surface area contributed by atoms with Crippen LogP contribution in [0.4, 0.5) is 5.82 Å². The Kier molecular flexibility index (Phi) is 10.3. The number of rotatable bonds is 12. The Morgan fingerprint density at radius 3 is 2.63 bits per heavy atom. The number of likely N-dealkylation sites (tertiary alicyclic amines) is 1. The van der Waals surface area contributed by atoms with Crippen molar-refractivity contribution in [2.45, 2.75) is 69.2 Å². The van der Waals surface area contributed by atoms with Crippen LogP contribution in [0.1, 0.15) is 46.5 Å². The Bertz CT molecular complexity index is 1460. The number of benzene rings is 1. The average Bonchev–Trinajstić information content (AvgIpc) is 3.61. The summed E-state index contributed by atoms with van der Waals surface area (Å²) in [5, 5.41) is 0.756. The highest BCUT2D eigenvalue weighted by Crippen LogP contribution is 2.43. The van der Waals surface area contributed by atoms with Crippen LogP contribution in [0, 0.1) is 5.92 Å². The highest BCUT2D eigenvalue weighted by atomic mass is 79.9. The third-order valence-corrected chi connectivity index (χ3v) is 9.99. The van der Waals surface area contributed by atoms with Crippen molar-refractivity contribution in [2.75, 3.05) is 45.3 Å². The summed E-state index contributed by atoms with van der Waals surface area (Å²) in [5.74, 6) is 1.69. The number of anilines is 1. The van der Waals surface area contributed by atoms with E-state index in [4.69, 9.17) is 24.9 Å². The molecule has 0 saturated carbocycles. The largest absolute Gasteiger partial charge is 0.454 e. The lowest BCUT2D eigenvalue weighted by atomic mass is 9.93. The van der Waals surface area contributed by atoms with E-state index in [9.17, 15) is 9.59 Å². The van der Waals surface area contributed by atoms with E-state index in [1.54, 1.807) is 6.92 Å². The van der Waals surface area contributed by atoms with Crippen molar-refractivity contribution in [3.8, 4) is 11.5 Å². The Morgan fingerprint density at radius 2 is 1.91 bits per heavy atom. The molecule has 12 nitrogen and oxygen atoms in total. The third-order valence-electron chi connectivity index (χ3n) is 8.02. The molecule has 5 rings (SSSR count). The number of aryl methyl sites for hydroxylation is 1. The topological polar surface area (TPSA) is 138 Å². The van der Waals surface area contributed by atoms with Crippen LogP contribution in [0.2, 0.25) is 0 Å². The first kappa shape index (κ1) is 31.3. The van der Waals surface area contributed by atoms with Crippen molar-refractivity contribution in [2.24, 2.45) is 5.92 Å². The molecule has 0 radical (unpaired) electrons. The van der Waals surface area contributed by atoms with E-state index in [0.717, 1.165) is 46.9 Å². The van der Waals surface area contributed by atoms with Crippen molar-refractivity contribution in [1.29, 1.82) is 0 Å². The second-order valence-electron chi connectivity index (χ2n) is 10.7. The Labute approximate surface area is 263 Å². The molecule has 0 aliphatic carbocycles. The summed E-state index contributed by atoms with van der Waals surface area (Å²) >= 11 is 5.14. The van der Waals surface area contributed by atoms with E-state index in [1.165, 1.54) is 18.1 Å². The Hall–Kier alpha value is -3.10. The Morgan fingerprint density at radius 1 is 1.19 bits per heavy atom. The summed E-state index contributed by atoms with van der Waals surface area (Å²) in [4.78, 5) is 43.6. The van der Waals surface area contributed by atoms with Gasteiger partial charge in [0.2, 0.25) is 6.79 Å². The number of hydrogen-bond acceptors (Lipinski definition) is 11. The predicted molar refractivity (Wildman–Crippen MR) is 166 cm³/mol. The number of fused-ring (bicyclic) bond motifs is 2. The molecule has 0 unspecified atom stereocenters. The second kappa shape index (κ2) is 14.1. The van der Waals surface area contributed by atoms with Gasteiger partial charge in [-0.05, 0) is 73.3 Å². The van der Waals surface area contributed by atoms with Gasteiger partial charge >= 0.3 is 5.97 Å². The van der Waals surface area contributed by atoms with E-state index in [1.807, 2.05) is 17.0 Å². The number of ether oxygens (including phenoxy) is 3. The maximum Gasteiger partial charge on any atom is 0.307 e. The molecular weight excluding hydrogens is 638 g/mol. The molecule has 1 fully saturated rings. The number of halogens is 1. The second-order valence-corrected chi connectivity index (χ2v) is 12.5. The summed E-state index contributed by atoms with van der Waals surface area (Å²) in [6, 6.07) is 3.83. The van der Waals surface area contributed by atoms with Crippen molar-refractivity contribution in [1.82, 2.24) is 29.3 Å². The molecule has 43 heavy (non-hydrogen) atoms. The van der Waals surface area contributed by atoms with Crippen LogP contribution in [-0.2, 0) is 20.9 Å². The van der Waals surface area contributed by atoms with Crippen LogP contribution in [-0.4, -0.2) is 86.8 Å². The van der Waals surface area contributed by atoms with Crippen LogP contribution in [0.25, 0.3) is 11.2 Å². The number of imidazole rings is 1. The van der Waals surface area contributed by atoms with E-state index in [0.29, 0.717) is 60.6 Å². The number of nitrogens with zero attached hydrogens (tertiary/aromatic N) is 6. The number of nitrogens with two attached hydrogens (primary N) is 1. The van der Waals surface area contributed by atoms with E-state index >= 15 is 0 Å². The number of carbonyl (C=O) groups excluding carboxylic acids is 2. The zero-order chi connectivity index (χ0) is 30.5. The van der Waals surface area contributed by atoms with Crippen molar-refractivity contribution < 1.29 is 23.8 Å². The van der Waals surface area contributed by atoms with Crippen LogP contribution in [0.5, 0.6) is 11.5 Å². The SMILES string of the molecule is CCN(CC)CCC(=O)O[C@@H](C)C(=O)N1CCC(CCn2c(Sc3cc4c(cc3Br)OCO4)nc3c(N)ncnc32)CC1. The zero-order valence-corrected chi connectivity index (χ0v) is 27.2. The van der Waals surface area contributed by atoms with Gasteiger partial charge in [0.15, 0.2) is 39.7 Å². The minimum atomic E-state index is -0.779. The minimum absolute atomic E-state index is 0.129. The number of amides is 1. The molecule has 2 aromatic heterocycles. The fourth-order valence-electron chi connectivity index (χ4n) is 5.40. The van der Waals surface area contributed by atoms with Gasteiger partial charge in [0, 0.05) is 35.5 Å². The van der Waals surface area contributed by atoms with Gasteiger partial charge in [0.25, 0.3) is 5.91 Å². The van der Waals surface area contributed by atoms with Crippen molar-refractivity contribution >= 4 is 56.6 Å². The number of piperidine rings is 1. The molecule has 0 bridgehead atoms. The quantitative estimate of drug-likeness (QED) is 0.274. The monoisotopic (exact) mass is 675 g/mol. The van der Waals surface area contributed by atoms with Gasteiger partial charge in [-0.2, -0.15) is 0 Å². The molecular formula is C29H38BrN7O5S. The molecule has 0 spiro atoms. The third kappa shape index (κ3) is 7.35. The summed E-state index contributed by atoms with van der Waals surface area (Å²) in [6.07, 6.45) is 3.60. The van der Waals surface area contributed by atoms with Gasteiger partial charge in [-0.3, -0.25) is 9.59 Å².